The molecule has 3 rings (SSSR count). The zero-order valence-corrected chi connectivity index (χ0v) is 13.5. The molecule has 0 N–H and O–H groups in total. The second-order valence-corrected chi connectivity index (χ2v) is 6.46. The van der Waals surface area contributed by atoms with E-state index >= 15 is 0 Å². The quantitative estimate of drug-likeness (QED) is 0.816. The van der Waals surface area contributed by atoms with Gasteiger partial charge in [0.25, 0.3) is 0 Å². The van der Waals surface area contributed by atoms with Crippen molar-refractivity contribution in [3.63, 3.8) is 0 Å². The number of hydrogen-bond acceptors (Lipinski definition) is 5. The van der Waals surface area contributed by atoms with Crippen LogP contribution in [-0.2, 0) is 4.79 Å². The molecule has 110 valence electrons. The number of carbonyl (C=O) groups is 1. The molecule has 3 heterocycles. The standard InChI is InChI=1S/C15H17N3OS2/c1-2-3-14(19)17-5-7-18(8-6-17)15-16-13(11-21-15)12-4-9-20-10-12/h2-4,9-11H,5-8H2,1H3. The molecule has 0 aliphatic carbocycles. The van der Waals surface area contributed by atoms with Gasteiger partial charge in [0.05, 0.1) is 5.69 Å². The summed E-state index contributed by atoms with van der Waals surface area (Å²) in [4.78, 5) is 20.7. The lowest BCUT2D eigenvalue weighted by Crippen LogP contribution is -2.48. The number of thiophene rings is 1. The smallest absolute Gasteiger partial charge is 0.246 e. The number of piperazine rings is 1. The zero-order valence-electron chi connectivity index (χ0n) is 11.9. The first-order valence-electron chi connectivity index (χ1n) is 6.92. The van der Waals surface area contributed by atoms with Gasteiger partial charge in [-0.1, -0.05) is 6.08 Å². The molecule has 21 heavy (non-hydrogen) atoms. The Labute approximate surface area is 132 Å². The number of hydrogen-bond donors (Lipinski definition) is 0. The van der Waals surface area contributed by atoms with Crippen LogP contribution in [0, 0.1) is 0 Å². The van der Waals surface area contributed by atoms with Crippen molar-refractivity contribution in [3.8, 4) is 11.3 Å². The van der Waals surface area contributed by atoms with Gasteiger partial charge in [0.15, 0.2) is 5.13 Å². The first-order chi connectivity index (χ1) is 10.3. The summed E-state index contributed by atoms with van der Waals surface area (Å²) in [5.41, 5.74) is 2.23. The number of amides is 1. The van der Waals surface area contributed by atoms with E-state index in [4.69, 9.17) is 4.98 Å². The Morgan fingerprint density at radius 2 is 2.10 bits per heavy atom. The fourth-order valence-corrected chi connectivity index (χ4v) is 3.86. The van der Waals surface area contributed by atoms with Gasteiger partial charge in [-0.3, -0.25) is 4.79 Å². The summed E-state index contributed by atoms with van der Waals surface area (Å²) in [6.45, 7) is 5.09. The number of nitrogens with zero attached hydrogens (tertiary/aromatic N) is 3. The van der Waals surface area contributed by atoms with Crippen molar-refractivity contribution >= 4 is 33.7 Å². The van der Waals surface area contributed by atoms with Crippen molar-refractivity contribution in [1.82, 2.24) is 9.88 Å². The fraction of sp³-hybridized carbons (Fsp3) is 0.333. The van der Waals surface area contributed by atoms with Crippen LogP contribution in [0.4, 0.5) is 5.13 Å². The minimum atomic E-state index is 0.107. The molecule has 6 heteroatoms. The van der Waals surface area contributed by atoms with Gasteiger partial charge in [-0.05, 0) is 24.4 Å². The highest BCUT2D eigenvalue weighted by atomic mass is 32.1. The SMILES string of the molecule is CC=CC(=O)N1CCN(c2nc(-c3ccsc3)cs2)CC1. The van der Waals surface area contributed by atoms with E-state index in [1.165, 1.54) is 5.56 Å². The predicted molar refractivity (Wildman–Crippen MR) is 89.0 cm³/mol. The van der Waals surface area contributed by atoms with Crippen LogP contribution in [0.5, 0.6) is 0 Å². The van der Waals surface area contributed by atoms with E-state index in [-0.39, 0.29) is 5.91 Å². The Kier molecular flexibility index (Phi) is 4.36. The molecule has 1 amide bonds. The van der Waals surface area contributed by atoms with Gasteiger partial charge in [0.1, 0.15) is 0 Å². The van der Waals surface area contributed by atoms with Crippen LogP contribution in [0.2, 0.25) is 0 Å². The molecule has 2 aromatic rings. The van der Waals surface area contributed by atoms with E-state index in [9.17, 15) is 4.79 Å². The third-order valence-corrected chi connectivity index (χ3v) is 5.06. The molecule has 0 atom stereocenters. The monoisotopic (exact) mass is 319 g/mol. The van der Waals surface area contributed by atoms with E-state index in [0.29, 0.717) is 0 Å². The maximum Gasteiger partial charge on any atom is 0.246 e. The second-order valence-electron chi connectivity index (χ2n) is 4.84. The summed E-state index contributed by atoms with van der Waals surface area (Å²) in [6, 6.07) is 2.09. The van der Waals surface area contributed by atoms with Crippen LogP contribution in [0.15, 0.2) is 34.4 Å². The van der Waals surface area contributed by atoms with Crippen molar-refractivity contribution in [3.05, 3.63) is 34.4 Å². The fourth-order valence-electron chi connectivity index (χ4n) is 2.32. The maximum atomic E-state index is 11.8. The molecule has 0 radical (unpaired) electrons. The lowest BCUT2D eigenvalue weighted by Gasteiger charge is -2.34. The maximum absolute atomic E-state index is 11.8. The van der Waals surface area contributed by atoms with E-state index in [2.05, 4.69) is 27.1 Å². The molecule has 0 unspecified atom stereocenters. The van der Waals surface area contributed by atoms with Crippen molar-refractivity contribution < 1.29 is 4.79 Å². The van der Waals surface area contributed by atoms with E-state index in [1.54, 1.807) is 34.8 Å². The zero-order chi connectivity index (χ0) is 14.7. The van der Waals surface area contributed by atoms with Crippen LogP contribution in [0.25, 0.3) is 11.3 Å². The van der Waals surface area contributed by atoms with Gasteiger partial charge in [0, 0.05) is 42.5 Å². The third kappa shape index (κ3) is 3.16. The number of allylic oxidation sites excluding steroid dienone is 1. The first kappa shape index (κ1) is 14.3. The largest absolute Gasteiger partial charge is 0.345 e. The lowest BCUT2D eigenvalue weighted by molar-refractivity contribution is -0.126. The minimum absolute atomic E-state index is 0.107. The van der Waals surface area contributed by atoms with Gasteiger partial charge in [-0.2, -0.15) is 11.3 Å². The molecule has 1 fully saturated rings. The topological polar surface area (TPSA) is 36.4 Å². The highest BCUT2D eigenvalue weighted by molar-refractivity contribution is 7.14. The number of carbonyl (C=O) groups excluding carboxylic acids is 1. The van der Waals surface area contributed by atoms with Gasteiger partial charge in [-0.15, -0.1) is 11.3 Å². The number of rotatable bonds is 3. The highest BCUT2D eigenvalue weighted by Crippen LogP contribution is 2.29. The summed E-state index contributed by atoms with van der Waals surface area (Å²) < 4.78 is 0. The molecule has 1 aliphatic rings. The van der Waals surface area contributed by atoms with E-state index < -0.39 is 0 Å². The Morgan fingerprint density at radius 3 is 2.76 bits per heavy atom. The number of aromatic nitrogens is 1. The molecule has 2 aromatic heterocycles. The average Bonchev–Trinajstić information content (AvgIpc) is 3.19. The van der Waals surface area contributed by atoms with Crippen LogP contribution >= 0.6 is 22.7 Å². The Balaban J connectivity index is 1.64. The van der Waals surface area contributed by atoms with Crippen molar-refractivity contribution in [2.24, 2.45) is 0 Å². The molecule has 0 bridgehead atoms. The first-order valence-corrected chi connectivity index (χ1v) is 8.75. The van der Waals surface area contributed by atoms with Crippen LogP contribution < -0.4 is 4.90 Å². The molecule has 1 aliphatic heterocycles. The minimum Gasteiger partial charge on any atom is -0.345 e. The predicted octanol–water partition coefficient (Wildman–Crippen LogP) is 3.10. The molecular formula is C15H17N3OS2. The summed E-state index contributed by atoms with van der Waals surface area (Å²) in [5.74, 6) is 0.107. The molecule has 0 aromatic carbocycles. The summed E-state index contributed by atoms with van der Waals surface area (Å²) in [5, 5.41) is 7.34. The van der Waals surface area contributed by atoms with Crippen molar-refractivity contribution in [2.45, 2.75) is 6.92 Å². The van der Waals surface area contributed by atoms with Crippen LogP contribution in [-0.4, -0.2) is 42.0 Å². The third-order valence-electron chi connectivity index (χ3n) is 3.48. The second kappa shape index (κ2) is 6.41. The van der Waals surface area contributed by atoms with Gasteiger partial charge in [-0.25, -0.2) is 4.98 Å². The lowest BCUT2D eigenvalue weighted by atomic mass is 10.3. The number of thiazole rings is 1. The number of anilines is 1. The Hall–Kier alpha value is -1.66. The normalized spacial score (nSPS) is 15.9. The van der Waals surface area contributed by atoms with Gasteiger partial charge in [0.2, 0.25) is 5.91 Å². The van der Waals surface area contributed by atoms with E-state index in [1.807, 2.05) is 11.8 Å². The average molecular weight is 319 g/mol. The Bertz CT molecular complexity index is 625. The summed E-state index contributed by atoms with van der Waals surface area (Å²) >= 11 is 3.36. The Morgan fingerprint density at radius 1 is 1.29 bits per heavy atom. The van der Waals surface area contributed by atoms with E-state index in [0.717, 1.165) is 37.0 Å². The van der Waals surface area contributed by atoms with Crippen LogP contribution in [0.1, 0.15) is 6.92 Å². The van der Waals surface area contributed by atoms with Crippen molar-refractivity contribution in [2.75, 3.05) is 31.1 Å². The highest BCUT2D eigenvalue weighted by Gasteiger charge is 2.21. The van der Waals surface area contributed by atoms with Crippen LogP contribution in [0.3, 0.4) is 0 Å². The summed E-state index contributed by atoms with van der Waals surface area (Å²) in [6.07, 6.45) is 3.43. The van der Waals surface area contributed by atoms with Gasteiger partial charge >= 0.3 is 0 Å². The molecule has 4 nitrogen and oxygen atoms in total. The molecule has 0 saturated carbocycles. The van der Waals surface area contributed by atoms with Gasteiger partial charge < -0.3 is 9.80 Å². The summed E-state index contributed by atoms with van der Waals surface area (Å²) in [7, 11) is 0. The van der Waals surface area contributed by atoms with Crippen molar-refractivity contribution in [1.29, 1.82) is 0 Å². The molecule has 1 saturated heterocycles. The molecular weight excluding hydrogens is 302 g/mol. The molecule has 0 spiro atoms.